The largest absolute Gasteiger partial charge is 0.490 e. The number of aliphatic hydroxyl groups is 1. The van der Waals surface area contributed by atoms with Gasteiger partial charge in [-0.1, -0.05) is 0 Å². The summed E-state index contributed by atoms with van der Waals surface area (Å²) in [4.78, 5) is 8.90. The van der Waals surface area contributed by atoms with Crippen LogP contribution in [0, 0.1) is 0 Å². The normalized spacial score (nSPS) is 18.9. The van der Waals surface area contributed by atoms with E-state index in [-0.39, 0.29) is 0 Å². The molecule has 1 heterocycles. The first kappa shape index (κ1) is 13.1. The molecule has 5 N–H and O–H groups in total. The van der Waals surface area contributed by atoms with Crippen molar-refractivity contribution in [1.29, 1.82) is 0 Å². The number of carbonyl (C=O) groups is 1. The Labute approximate surface area is 77.7 Å². The summed E-state index contributed by atoms with van der Waals surface area (Å²) in [6.07, 6.45) is -5.08. The second-order valence-electron chi connectivity index (χ2n) is 2.83. The Morgan fingerprint density at radius 1 is 1.50 bits per heavy atom. The standard InChI is InChI=1S/C4H10N2O.C2HF3O2/c5-1-4(7)2-6-3-4;3-2(4,5)1(6)7/h6-7H,1-3,5H2;(H,6,7). The Morgan fingerprint density at radius 2 is 1.86 bits per heavy atom. The van der Waals surface area contributed by atoms with Crippen LogP contribution < -0.4 is 11.1 Å². The summed E-state index contributed by atoms with van der Waals surface area (Å²) < 4.78 is 31.7. The average Bonchev–Trinajstić information content (AvgIpc) is 1.99. The summed E-state index contributed by atoms with van der Waals surface area (Å²) in [6.45, 7) is 1.69. The van der Waals surface area contributed by atoms with Crippen molar-refractivity contribution in [3.63, 3.8) is 0 Å². The lowest BCUT2D eigenvalue weighted by atomic mass is 9.98. The molecule has 1 saturated heterocycles. The Morgan fingerprint density at radius 3 is 1.86 bits per heavy atom. The molecule has 0 saturated carbocycles. The van der Waals surface area contributed by atoms with E-state index in [2.05, 4.69) is 5.32 Å². The van der Waals surface area contributed by atoms with Crippen LogP contribution in [-0.2, 0) is 4.79 Å². The topological polar surface area (TPSA) is 95.6 Å². The van der Waals surface area contributed by atoms with E-state index < -0.39 is 17.7 Å². The van der Waals surface area contributed by atoms with Crippen LogP contribution in [0.5, 0.6) is 0 Å². The highest BCUT2D eigenvalue weighted by Crippen LogP contribution is 2.13. The number of carboxylic acid groups (broad SMARTS) is 1. The Hall–Kier alpha value is -0.860. The second-order valence-corrected chi connectivity index (χ2v) is 2.83. The summed E-state index contributed by atoms with van der Waals surface area (Å²) in [5.41, 5.74) is 4.61. The summed E-state index contributed by atoms with van der Waals surface area (Å²) in [6, 6.07) is 0. The summed E-state index contributed by atoms with van der Waals surface area (Å²) in [5, 5.41) is 19.1. The maximum absolute atomic E-state index is 10.6. The zero-order valence-electron chi connectivity index (χ0n) is 7.14. The molecule has 8 heteroatoms. The molecule has 14 heavy (non-hydrogen) atoms. The van der Waals surface area contributed by atoms with Crippen molar-refractivity contribution >= 4 is 5.97 Å². The van der Waals surface area contributed by atoms with Gasteiger partial charge in [0.05, 0.1) is 0 Å². The number of rotatable bonds is 1. The molecular weight excluding hydrogens is 205 g/mol. The molecule has 0 bridgehead atoms. The lowest BCUT2D eigenvalue weighted by Gasteiger charge is -2.36. The zero-order chi connectivity index (χ0) is 11.4. The molecule has 84 valence electrons. The van der Waals surface area contributed by atoms with Crippen LogP contribution in [0.15, 0.2) is 0 Å². The van der Waals surface area contributed by atoms with Crippen molar-refractivity contribution in [3.8, 4) is 0 Å². The quantitative estimate of drug-likeness (QED) is 0.447. The van der Waals surface area contributed by atoms with Gasteiger partial charge in [-0.05, 0) is 0 Å². The van der Waals surface area contributed by atoms with Gasteiger partial charge in [-0.3, -0.25) is 0 Å². The number of nitrogens with two attached hydrogens (primary N) is 1. The minimum Gasteiger partial charge on any atom is -0.475 e. The predicted octanol–water partition coefficient (Wildman–Crippen LogP) is -1.09. The average molecular weight is 216 g/mol. The van der Waals surface area contributed by atoms with Crippen molar-refractivity contribution < 1.29 is 28.2 Å². The maximum Gasteiger partial charge on any atom is 0.490 e. The fourth-order valence-corrected chi connectivity index (χ4v) is 0.558. The van der Waals surface area contributed by atoms with E-state index in [1.807, 2.05) is 0 Å². The monoisotopic (exact) mass is 216 g/mol. The molecular formula is C6H11F3N2O3. The molecule has 1 aliphatic rings. The molecule has 1 aliphatic heterocycles. The van der Waals surface area contributed by atoms with Gasteiger partial charge in [0.25, 0.3) is 0 Å². The van der Waals surface area contributed by atoms with Crippen LogP contribution in [0.25, 0.3) is 0 Å². The number of carboxylic acids is 1. The van der Waals surface area contributed by atoms with Crippen molar-refractivity contribution in [2.24, 2.45) is 5.73 Å². The molecule has 0 unspecified atom stereocenters. The molecule has 0 aromatic carbocycles. The minimum atomic E-state index is -5.08. The first-order chi connectivity index (χ1) is 6.21. The molecule has 0 amide bonds. The van der Waals surface area contributed by atoms with Gasteiger partial charge in [-0.2, -0.15) is 13.2 Å². The van der Waals surface area contributed by atoms with Crippen LogP contribution in [0.2, 0.25) is 0 Å². The molecule has 0 aromatic heterocycles. The molecule has 5 nitrogen and oxygen atoms in total. The van der Waals surface area contributed by atoms with Crippen LogP contribution in [-0.4, -0.2) is 47.6 Å². The molecule has 0 spiro atoms. The number of nitrogens with one attached hydrogen (secondary N) is 1. The summed E-state index contributed by atoms with van der Waals surface area (Å²) in [7, 11) is 0. The van der Waals surface area contributed by atoms with Gasteiger partial charge >= 0.3 is 12.1 Å². The van der Waals surface area contributed by atoms with Gasteiger partial charge in [0.1, 0.15) is 5.60 Å². The van der Waals surface area contributed by atoms with Crippen molar-refractivity contribution in [1.82, 2.24) is 5.32 Å². The van der Waals surface area contributed by atoms with E-state index in [1.165, 1.54) is 0 Å². The van der Waals surface area contributed by atoms with Crippen molar-refractivity contribution in [2.75, 3.05) is 19.6 Å². The number of halogens is 3. The lowest BCUT2D eigenvalue weighted by Crippen LogP contribution is -2.63. The van der Waals surface area contributed by atoms with Crippen molar-refractivity contribution in [3.05, 3.63) is 0 Å². The van der Waals surface area contributed by atoms with E-state index in [0.29, 0.717) is 19.6 Å². The second kappa shape index (κ2) is 4.58. The Balaban J connectivity index is 0.000000241. The van der Waals surface area contributed by atoms with E-state index in [4.69, 9.17) is 20.7 Å². The molecule has 0 radical (unpaired) electrons. The van der Waals surface area contributed by atoms with E-state index in [9.17, 15) is 13.2 Å². The maximum atomic E-state index is 10.6. The van der Waals surface area contributed by atoms with E-state index >= 15 is 0 Å². The molecule has 0 aliphatic carbocycles. The zero-order valence-corrected chi connectivity index (χ0v) is 7.14. The highest BCUT2D eigenvalue weighted by atomic mass is 19.4. The highest BCUT2D eigenvalue weighted by Gasteiger charge is 2.38. The van der Waals surface area contributed by atoms with Gasteiger partial charge in [-0.15, -0.1) is 0 Å². The van der Waals surface area contributed by atoms with Gasteiger partial charge in [0.15, 0.2) is 0 Å². The number of hydrogen-bond donors (Lipinski definition) is 4. The van der Waals surface area contributed by atoms with Crippen LogP contribution >= 0.6 is 0 Å². The van der Waals surface area contributed by atoms with Crippen molar-refractivity contribution in [2.45, 2.75) is 11.8 Å². The summed E-state index contributed by atoms with van der Waals surface area (Å²) >= 11 is 0. The Kier molecular flexibility index (Phi) is 4.30. The van der Waals surface area contributed by atoms with E-state index in [0.717, 1.165) is 0 Å². The number of β-amino-alcohol motifs (C(OH)–C–C–N with tert-alkyl or cyclic N) is 1. The first-order valence-corrected chi connectivity index (χ1v) is 3.64. The molecule has 0 atom stereocenters. The third kappa shape index (κ3) is 4.40. The van der Waals surface area contributed by atoms with Crippen LogP contribution in [0.4, 0.5) is 13.2 Å². The number of aliphatic carboxylic acids is 1. The lowest BCUT2D eigenvalue weighted by molar-refractivity contribution is -0.192. The number of alkyl halides is 3. The molecule has 1 rings (SSSR count). The van der Waals surface area contributed by atoms with Gasteiger partial charge in [0, 0.05) is 19.6 Å². The Bertz CT molecular complexity index is 197. The van der Waals surface area contributed by atoms with Crippen LogP contribution in [0.1, 0.15) is 0 Å². The van der Waals surface area contributed by atoms with Crippen LogP contribution in [0.3, 0.4) is 0 Å². The smallest absolute Gasteiger partial charge is 0.475 e. The SMILES string of the molecule is NCC1(O)CNC1.O=C(O)C(F)(F)F. The fraction of sp³-hybridized carbons (Fsp3) is 0.833. The molecule has 0 aromatic rings. The fourth-order valence-electron chi connectivity index (χ4n) is 0.558. The summed E-state index contributed by atoms with van der Waals surface area (Å²) in [5.74, 6) is -2.76. The highest BCUT2D eigenvalue weighted by molar-refractivity contribution is 5.73. The third-order valence-corrected chi connectivity index (χ3v) is 1.53. The predicted molar refractivity (Wildman–Crippen MR) is 40.6 cm³/mol. The number of hydrogen-bond acceptors (Lipinski definition) is 4. The van der Waals surface area contributed by atoms with Gasteiger partial charge in [-0.25, -0.2) is 4.79 Å². The van der Waals surface area contributed by atoms with Gasteiger partial charge < -0.3 is 21.3 Å². The third-order valence-electron chi connectivity index (χ3n) is 1.53. The van der Waals surface area contributed by atoms with Gasteiger partial charge in [0.2, 0.25) is 0 Å². The first-order valence-electron chi connectivity index (χ1n) is 3.64. The molecule has 1 fully saturated rings. The minimum absolute atomic E-state index is 0.375. The van der Waals surface area contributed by atoms with E-state index in [1.54, 1.807) is 0 Å².